The van der Waals surface area contributed by atoms with Crippen LogP contribution in [0.15, 0.2) is 18.2 Å². The van der Waals surface area contributed by atoms with E-state index in [-0.39, 0.29) is 5.75 Å². The topological polar surface area (TPSA) is 41.5 Å². The van der Waals surface area contributed by atoms with Gasteiger partial charge in [-0.3, -0.25) is 0 Å². The lowest BCUT2D eigenvalue weighted by molar-refractivity contribution is -0.0523. The van der Waals surface area contributed by atoms with Crippen LogP contribution in [-0.2, 0) is 6.42 Å². The molecular formula is C14H19F2NO2. The number of ether oxygens (including phenoxy) is 1. The average molecular weight is 271 g/mol. The van der Waals surface area contributed by atoms with Gasteiger partial charge in [-0.1, -0.05) is 18.2 Å². The van der Waals surface area contributed by atoms with Crippen molar-refractivity contribution in [3.05, 3.63) is 29.3 Å². The van der Waals surface area contributed by atoms with Crippen molar-refractivity contribution >= 4 is 0 Å². The molecule has 0 unspecified atom stereocenters. The SMILES string of the molecule is Cc1cccc(CC2(O)CCNCC2)c1OC(F)F. The summed E-state index contributed by atoms with van der Waals surface area (Å²) in [5.74, 6) is 0.199. The van der Waals surface area contributed by atoms with Gasteiger partial charge in [0.1, 0.15) is 5.75 Å². The number of aliphatic hydroxyl groups is 1. The first kappa shape index (κ1) is 14.2. The van der Waals surface area contributed by atoms with E-state index in [1.54, 1.807) is 25.1 Å². The number of benzene rings is 1. The molecule has 19 heavy (non-hydrogen) atoms. The molecule has 0 radical (unpaired) electrons. The van der Waals surface area contributed by atoms with Gasteiger partial charge in [0.05, 0.1) is 5.60 Å². The first-order valence-electron chi connectivity index (χ1n) is 6.47. The molecule has 1 aromatic carbocycles. The summed E-state index contributed by atoms with van der Waals surface area (Å²) in [6.45, 7) is 0.372. The van der Waals surface area contributed by atoms with E-state index in [0.717, 1.165) is 13.1 Å². The van der Waals surface area contributed by atoms with Crippen LogP contribution in [0, 0.1) is 6.92 Å². The molecule has 0 aliphatic carbocycles. The first-order valence-corrected chi connectivity index (χ1v) is 6.47. The Bertz CT molecular complexity index is 431. The average Bonchev–Trinajstić information content (AvgIpc) is 2.34. The number of hydrogen-bond acceptors (Lipinski definition) is 3. The van der Waals surface area contributed by atoms with Gasteiger partial charge in [0.15, 0.2) is 0 Å². The third kappa shape index (κ3) is 3.64. The summed E-state index contributed by atoms with van der Waals surface area (Å²) in [7, 11) is 0. The second-order valence-corrected chi connectivity index (χ2v) is 5.09. The number of hydrogen-bond donors (Lipinski definition) is 2. The molecule has 0 amide bonds. The molecule has 1 heterocycles. The summed E-state index contributed by atoms with van der Waals surface area (Å²) in [5, 5.41) is 13.7. The highest BCUT2D eigenvalue weighted by Gasteiger charge is 2.30. The van der Waals surface area contributed by atoms with Gasteiger partial charge in [-0.2, -0.15) is 8.78 Å². The molecule has 0 atom stereocenters. The van der Waals surface area contributed by atoms with Crippen LogP contribution in [0.25, 0.3) is 0 Å². The van der Waals surface area contributed by atoms with E-state index in [1.807, 2.05) is 0 Å². The van der Waals surface area contributed by atoms with Crippen molar-refractivity contribution in [2.75, 3.05) is 13.1 Å². The van der Waals surface area contributed by atoms with E-state index in [2.05, 4.69) is 10.1 Å². The van der Waals surface area contributed by atoms with Crippen LogP contribution in [0.4, 0.5) is 8.78 Å². The van der Waals surface area contributed by atoms with Gasteiger partial charge in [-0.15, -0.1) is 0 Å². The molecule has 5 heteroatoms. The highest BCUT2D eigenvalue weighted by atomic mass is 19.3. The summed E-state index contributed by atoms with van der Waals surface area (Å²) >= 11 is 0. The smallest absolute Gasteiger partial charge is 0.387 e. The lowest BCUT2D eigenvalue weighted by atomic mass is 9.85. The number of alkyl halides is 2. The highest BCUT2D eigenvalue weighted by Crippen LogP contribution is 2.31. The molecular weight excluding hydrogens is 252 g/mol. The minimum atomic E-state index is -2.84. The van der Waals surface area contributed by atoms with E-state index in [9.17, 15) is 13.9 Å². The van der Waals surface area contributed by atoms with Crippen LogP contribution in [0.2, 0.25) is 0 Å². The van der Waals surface area contributed by atoms with Crippen LogP contribution in [-0.4, -0.2) is 30.4 Å². The molecule has 1 aromatic rings. The van der Waals surface area contributed by atoms with E-state index in [4.69, 9.17) is 0 Å². The molecule has 1 aliphatic heterocycles. The Hall–Kier alpha value is -1.20. The molecule has 0 aromatic heterocycles. The molecule has 0 spiro atoms. The Morgan fingerprint density at radius 3 is 2.68 bits per heavy atom. The van der Waals surface area contributed by atoms with Crippen molar-refractivity contribution in [1.82, 2.24) is 5.32 Å². The lowest BCUT2D eigenvalue weighted by Crippen LogP contribution is -2.43. The number of aryl methyl sites for hydroxylation is 1. The standard InChI is InChI=1S/C14H19F2NO2/c1-10-3-2-4-11(12(10)19-13(15)16)9-14(18)5-7-17-8-6-14/h2-4,13,17-18H,5-9H2,1H3. The molecule has 3 nitrogen and oxygen atoms in total. The predicted octanol–water partition coefficient (Wildman–Crippen LogP) is 2.25. The van der Waals surface area contributed by atoms with Crippen molar-refractivity contribution in [2.24, 2.45) is 0 Å². The van der Waals surface area contributed by atoms with Gasteiger partial charge < -0.3 is 15.2 Å². The second-order valence-electron chi connectivity index (χ2n) is 5.09. The van der Waals surface area contributed by atoms with E-state index < -0.39 is 12.2 Å². The Balaban J connectivity index is 2.21. The maximum atomic E-state index is 12.5. The second kappa shape index (κ2) is 5.84. The van der Waals surface area contributed by atoms with Crippen molar-refractivity contribution in [1.29, 1.82) is 0 Å². The number of para-hydroxylation sites is 1. The normalized spacial score (nSPS) is 18.6. The molecule has 106 valence electrons. The summed E-state index contributed by atoms with van der Waals surface area (Å²) in [4.78, 5) is 0. The number of nitrogens with one attached hydrogen (secondary N) is 1. The molecule has 0 bridgehead atoms. The highest BCUT2D eigenvalue weighted by molar-refractivity contribution is 5.41. The van der Waals surface area contributed by atoms with Gasteiger partial charge in [0.25, 0.3) is 0 Å². The third-order valence-electron chi connectivity index (χ3n) is 3.55. The lowest BCUT2D eigenvalue weighted by Gasteiger charge is -2.33. The molecule has 1 aliphatic rings. The first-order chi connectivity index (χ1) is 9.00. The zero-order valence-electron chi connectivity index (χ0n) is 11.0. The van der Waals surface area contributed by atoms with Crippen molar-refractivity contribution in [3.8, 4) is 5.75 Å². The Morgan fingerprint density at radius 2 is 2.05 bits per heavy atom. The van der Waals surface area contributed by atoms with Crippen molar-refractivity contribution in [3.63, 3.8) is 0 Å². The third-order valence-corrected chi connectivity index (χ3v) is 3.55. The predicted molar refractivity (Wildman–Crippen MR) is 68.6 cm³/mol. The summed E-state index contributed by atoms with van der Waals surface area (Å²) < 4.78 is 29.5. The molecule has 2 N–H and O–H groups in total. The Morgan fingerprint density at radius 1 is 1.37 bits per heavy atom. The van der Waals surface area contributed by atoms with E-state index >= 15 is 0 Å². The van der Waals surface area contributed by atoms with Crippen molar-refractivity contribution in [2.45, 2.75) is 38.4 Å². The van der Waals surface area contributed by atoms with Gasteiger partial charge in [-0.05, 0) is 44.0 Å². The van der Waals surface area contributed by atoms with Crippen LogP contribution >= 0.6 is 0 Å². The Labute approximate surface area is 111 Å². The Kier molecular flexibility index (Phi) is 4.37. The zero-order valence-corrected chi connectivity index (χ0v) is 11.0. The molecule has 1 saturated heterocycles. The van der Waals surface area contributed by atoms with Gasteiger partial charge in [0.2, 0.25) is 0 Å². The number of rotatable bonds is 4. The number of piperidine rings is 1. The van der Waals surface area contributed by atoms with Gasteiger partial charge >= 0.3 is 6.61 Å². The van der Waals surface area contributed by atoms with Crippen LogP contribution in [0.1, 0.15) is 24.0 Å². The maximum Gasteiger partial charge on any atom is 0.387 e. The van der Waals surface area contributed by atoms with Gasteiger partial charge in [-0.25, -0.2) is 0 Å². The minimum Gasteiger partial charge on any atom is -0.434 e. The molecule has 0 saturated carbocycles. The van der Waals surface area contributed by atoms with Gasteiger partial charge in [0, 0.05) is 6.42 Å². The van der Waals surface area contributed by atoms with Crippen LogP contribution in [0.3, 0.4) is 0 Å². The zero-order chi connectivity index (χ0) is 13.9. The maximum absolute atomic E-state index is 12.5. The van der Waals surface area contributed by atoms with Crippen LogP contribution in [0.5, 0.6) is 5.75 Å². The van der Waals surface area contributed by atoms with Crippen LogP contribution < -0.4 is 10.1 Å². The fraction of sp³-hybridized carbons (Fsp3) is 0.571. The number of halogens is 2. The summed E-state index contributed by atoms with van der Waals surface area (Å²) in [6.07, 6.45) is 1.59. The largest absolute Gasteiger partial charge is 0.434 e. The van der Waals surface area contributed by atoms with E-state index in [1.165, 1.54) is 0 Å². The molecule has 1 fully saturated rings. The monoisotopic (exact) mass is 271 g/mol. The molecule has 2 rings (SSSR count). The fourth-order valence-electron chi connectivity index (χ4n) is 2.53. The summed E-state index contributed by atoms with van der Waals surface area (Å²) in [5.41, 5.74) is 0.472. The quantitative estimate of drug-likeness (QED) is 0.882. The fourth-order valence-corrected chi connectivity index (χ4v) is 2.53. The van der Waals surface area contributed by atoms with Crippen molar-refractivity contribution < 1.29 is 18.6 Å². The minimum absolute atomic E-state index is 0.199. The summed E-state index contributed by atoms with van der Waals surface area (Å²) in [6, 6.07) is 5.27. The van der Waals surface area contributed by atoms with E-state index in [0.29, 0.717) is 30.4 Å².